The highest BCUT2D eigenvalue weighted by atomic mass is 16.5. The maximum absolute atomic E-state index is 12.0. The normalized spacial score (nSPS) is 14.9. The van der Waals surface area contributed by atoms with Gasteiger partial charge in [0.15, 0.2) is 5.82 Å². The molecule has 0 spiro atoms. The highest BCUT2D eigenvalue weighted by Gasteiger charge is 2.27. The lowest BCUT2D eigenvalue weighted by Crippen LogP contribution is -2.49. The fourth-order valence-electron chi connectivity index (χ4n) is 2.41. The van der Waals surface area contributed by atoms with Gasteiger partial charge in [-0.1, -0.05) is 19.0 Å². The topological polar surface area (TPSA) is 97.6 Å². The molecular formula is C16H18N4O4. The Morgan fingerprint density at radius 3 is 2.75 bits per heavy atom. The predicted molar refractivity (Wildman–Crippen MR) is 85.9 cm³/mol. The summed E-state index contributed by atoms with van der Waals surface area (Å²) in [5, 5.41) is 6.23. The van der Waals surface area contributed by atoms with Crippen molar-refractivity contribution in [2.75, 3.05) is 18.6 Å². The first-order valence-corrected chi connectivity index (χ1v) is 7.63. The first-order valence-electron chi connectivity index (χ1n) is 7.63. The van der Waals surface area contributed by atoms with Crippen molar-refractivity contribution < 1.29 is 18.8 Å². The maximum Gasteiger partial charge on any atom is 0.328 e. The summed E-state index contributed by atoms with van der Waals surface area (Å²) >= 11 is 0. The van der Waals surface area contributed by atoms with Gasteiger partial charge in [-0.25, -0.2) is 4.79 Å². The van der Waals surface area contributed by atoms with Crippen LogP contribution in [0.2, 0.25) is 0 Å². The molecule has 1 aromatic carbocycles. The van der Waals surface area contributed by atoms with Crippen LogP contribution in [0.4, 0.5) is 10.5 Å². The molecule has 8 nitrogen and oxygen atoms in total. The lowest BCUT2D eigenvalue weighted by molar-refractivity contribution is -0.120. The number of aromatic nitrogens is 2. The second-order valence-electron chi connectivity index (χ2n) is 5.75. The quantitative estimate of drug-likeness (QED) is 0.924. The molecule has 0 saturated carbocycles. The lowest BCUT2D eigenvalue weighted by Gasteiger charge is -2.27. The van der Waals surface area contributed by atoms with E-state index in [0.717, 1.165) is 0 Å². The van der Waals surface area contributed by atoms with E-state index in [0.29, 0.717) is 35.3 Å². The third-order valence-corrected chi connectivity index (χ3v) is 3.73. The van der Waals surface area contributed by atoms with E-state index in [1.807, 2.05) is 13.8 Å². The van der Waals surface area contributed by atoms with Crippen LogP contribution in [0.25, 0.3) is 11.5 Å². The van der Waals surface area contributed by atoms with Crippen molar-refractivity contribution >= 4 is 17.6 Å². The minimum absolute atomic E-state index is 0.165. The molecule has 1 N–H and O–H groups in total. The number of rotatable bonds is 4. The van der Waals surface area contributed by atoms with E-state index in [4.69, 9.17) is 9.26 Å². The van der Waals surface area contributed by atoms with E-state index in [1.54, 1.807) is 18.2 Å². The van der Waals surface area contributed by atoms with Crippen LogP contribution in [0.3, 0.4) is 0 Å². The molecule has 1 aliphatic rings. The van der Waals surface area contributed by atoms with Gasteiger partial charge in [0.25, 0.3) is 5.89 Å². The van der Waals surface area contributed by atoms with Gasteiger partial charge in [0.2, 0.25) is 5.91 Å². The molecular weight excluding hydrogens is 312 g/mol. The minimum atomic E-state index is -0.461. The van der Waals surface area contributed by atoms with Crippen molar-refractivity contribution in [1.29, 1.82) is 0 Å². The molecule has 0 aliphatic carbocycles. The summed E-state index contributed by atoms with van der Waals surface area (Å²) in [6, 6.07) is 4.79. The van der Waals surface area contributed by atoms with Gasteiger partial charge in [-0.15, -0.1) is 0 Å². The van der Waals surface area contributed by atoms with Crippen molar-refractivity contribution in [2.24, 2.45) is 0 Å². The van der Waals surface area contributed by atoms with Gasteiger partial charge in [-0.05, 0) is 18.2 Å². The minimum Gasteiger partial charge on any atom is -0.495 e. The summed E-state index contributed by atoms with van der Waals surface area (Å²) in [6.07, 6.45) is 0.248. The second-order valence-corrected chi connectivity index (χ2v) is 5.75. The van der Waals surface area contributed by atoms with Crippen LogP contribution in [0, 0.1) is 0 Å². The number of nitrogens with zero attached hydrogens (tertiary/aromatic N) is 3. The molecule has 0 bridgehead atoms. The molecule has 2 aromatic rings. The monoisotopic (exact) mass is 330 g/mol. The maximum atomic E-state index is 12.0. The Labute approximate surface area is 138 Å². The zero-order chi connectivity index (χ0) is 17.3. The Bertz CT molecular complexity index is 784. The number of anilines is 1. The van der Waals surface area contributed by atoms with E-state index in [2.05, 4.69) is 15.5 Å². The molecule has 2 heterocycles. The SMILES string of the molecule is COc1cc(-c2nc(C(C)C)no2)ccc1N1CCC(=O)NC1=O. The predicted octanol–water partition coefficient (Wildman–Crippen LogP) is 2.31. The third kappa shape index (κ3) is 2.94. The van der Waals surface area contributed by atoms with Crippen LogP contribution in [0.5, 0.6) is 5.75 Å². The summed E-state index contributed by atoms with van der Waals surface area (Å²) in [7, 11) is 1.52. The smallest absolute Gasteiger partial charge is 0.328 e. The fraction of sp³-hybridized carbons (Fsp3) is 0.375. The van der Waals surface area contributed by atoms with Crippen LogP contribution in [0.1, 0.15) is 32.0 Å². The van der Waals surface area contributed by atoms with Crippen LogP contribution in [-0.2, 0) is 4.79 Å². The Morgan fingerprint density at radius 1 is 1.33 bits per heavy atom. The number of methoxy groups -OCH3 is 1. The number of nitrogens with one attached hydrogen (secondary N) is 1. The highest BCUT2D eigenvalue weighted by molar-refractivity contribution is 6.06. The molecule has 1 saturated heterocycles. The Morgan fingerprint density at radius 2 is 2.12 bits per heavy atom. The number of hydrogen-bond acceptors (Lipinski definition) is 6. The van der Waals surface area contributed by atoms with Crippen LogP contribution in [-0.4, -0.2) is 35.7 Å². The van der Waals surface area contributed by atoms with Gasteiger partial charge in [0.05, 0.1) is 12.8 Å². The molecule has 0 unspecified atom stereocenters. The first-order chi connectivity index (χ1) is 11.5. The van der Waals surface area contributed by atoms with E-state index in [1.165, 1.54) is 12.0 Å². The molecule has 3 amide bonds. The van der Waals surface area contributed by atoms with Gasteiger partial charge in [0.1, 0.15) is 5.75 Å². The van der Waals surface area contributed by atoms with Gasteiger partial charge in [-0.2, -0.15) is 4.98 Å². The summed E-state index contributed by atoms with van der Waals surface area (Å²) in [5.41, 5.74) is 1.28. The summed E-state index contributed by atoms with van der Waals surface area (Å²) < 4.78 is 10.7. The fourth-order valence-corrected chi connectivity index (χ4v) is 2.41. The lowest BCUT2D eigenvalue weighted by atomic mass is 10.1. The summed E-state index contributed by atoms with van der Waals surface area (Å²) in [5.74, 6) is 1.39. The number of carbonyl (C=O) groups is 2. The third-order valence-electron chi connectivity index (χ3n) is 3.73. The molecule has 3 rings (SSSR count). The molecule has 1 aliphatic heterocycles. The first kappa shape index (κ1) is 16.0. The van der Waals surface area contributed by atoms with Crippen molar-refractivity contribution in [3.8, 4) is 17.2 Å². The van der Waals surface area contributed by atoms with Gasteiger partial charge < -0.3 is 9.26 Å². The van der Waals surface area contributed by atoms with Crippen molar-refractivity contribution in [1.82, 2.24) is 15.5 Å². The average Bonchev–Trinajstić information content (AvgIpc) is 3.05. The summed E-state index contributed by atoms with van der Waals surface area (Å²) in [4.78, 5) is 29.1. The zero-order valence-corrected chi connectivity index (χ0v) is 13.7. The molecule has 126 valence electrons. The standard InChI is InChI=1S/C16H18N4O4/c1-9(2)14-18-15(24-19-14)10-4-5-11(12(8-10)23-3)20-7-6-13(21)17-16(20)22/h4-5,8-9H,6-7H2,1-3H3,(H,17,21,22). The Hall–Kier alpha value is -2.90. The second kappa shape index (κ2) is 6.31. The van der Waals surface area contributed by atoms with Gasteiger partial charge in [-0.3, -0.25) is 15.0 Å². The summed E-state index contributed by atoms with van der Waals surface area (Å²) in [6.45, 7) is 4.27. The average molecular weight is 330 g/mol. The molecule has 24 heavy (non-hydrogen) atoms. The van der Waals surface area contributed by atoms with Crippen LogP contribution in [0.15, 0.2) is 22.7 Å². The van der Waals surface area contributed by atoms with Crippen LogP contribution < -0.4 is 15.0 Å². The van der Waals surface area contributed by atoms with E-state index >= 15 is 0 Å². The number of ether oxygens (including phenoxy) is 1. The van der Waals surface area contributed by atoms with E-state index in [-0.39, 0.29) is 18.2 Å². The largest absolute Gasteiger partial charge is 0.495 e. The Balaban J connectivity index is 1.93. The van der Waals surface area contributed by atoms with E-state index in [9.17, 15) is 9.59 Å². The van der Waals surface area contributed by atoms with Crippen LogP contribution >= 0.6 is 0 Å². The highest BCUT2D eigenvalue weighted by Crippen LogP contribution is 2.33. The number of amides is 3. The molecule has 0 radical (unpaired) electrons. The molecule has 0 atom stereocenters. The van der Waals surface area contributed by atoms with Gasteiger partial charge >= 0.3 is 6.03 Å². The molecule has 1 aromatic heterocycles. The Kier molecular flexibility index (Phi) is 4.20. The molecule has 8 heteroatoms. The van der Waals surface area contributed by atoms with Crippen molar-refractivity contribution in [2.45, 2.75) is 26.2 Å². The van der Waals surface area contributed by atoms with E-state index < -0.39 is 6.03 Å². The van der Waals surface area contributed by atoms with Gasteiger partial charge in [0, 0.05) is 24.4 Å². The zero-order valence-electron chi connectivity index (χ0n) is 13.7. The van der Waals surface area contributed by atoms with Crippen molar-refractivity contribution in [3.63, 3.8) is 0 Å². The number of carbonyl (C=O) groups excluding carboxylic acids is 2. The van der Waals surface area contributed by atoms with Crippen molar-refractivity contribution in [3.05, 3.63) is 24.0 Å². The number of benzene rings is 1. The number of hydrogen-bond donors (Lipinski definition) is 1. The number of urea groups is 1. The number of imide groups is 1. The molecule has 1 fully saturated rings.